The highest BCUT2D eigenvalue weighted by Crippen LogP contribution is 2.35. The van der Waals surface area contributed by atoms with Crippen LogP contribution < -0.4 is 5.32 Å². The zero-order valence-electron chi connectivity index (χ0n) is 12.3. The Kier molecular flexibility index (Phi) is 3.95. The second kappa shape index (κ2) is 5.88. The summed E-state index contributed by atoms with van der Waals surface area (Å²) in [4.78, 5) is 0. The van der Waals surface area contributed by atoms with Gasteiger partial charge < -0.3 is 15.2 Å². The number of aryl methyl sites for hydroxylation is 1. The van der Waals surface area contributed by atoms with E-state index in [1.807, 2.05) is 36.4 Å². The van der Waals surface area contributed by atoms with E-state index < -0.39 is 5.60 Å². The van der Waals surface area contributed by atoms with Crippen LogP contribution in [0.25, 0.3) is 0 Å². The largest absolute Gasteiger partial charge is 0.381 e. The second-order valence-electron chi connectivity index (χ2n) is 5.62. The van der Waals surface area contributed by atoms with Crippen LogP contribution in [0.5, 0.6) is 0 Å². The lowest BCUT2D eigenvalue weighted by molar-refractivity contribution is -0.0521. The fraction of sp³-hybridized carbons (Fsp3) is 0.333. The van der Waals surface area contributed by atoms with E-state index >= 15 is 0 Å². The van der Waals surface area contributed by atoms with Crippen molar-refractivity contribution in [1.29, 1.82) is 0 Å². The standard InChI is InChI=1S/C18H21NO2/c1-21-13-18(20,15-8-3-2-4-9-15)17-12-11-14-7-5-6-10-16(14)19-17/h2-10,17,19-20H,11-13H2,1H3. The minimum atomic E-state index is -1.02. The van der Waals surface area contributed by atoms with Crippen LogP contribution in [0.2, 0.25) is 0 Å². The summed E-state index contributed by atoms with van der Waals surface area (Å²) >= 11 is 0. The van der Waals surface area contributed by atoms with E-state index in [4.69, 9.17) is 4.74 Å². The molecule has 2 aromatic rings. The van der Waals surface area contributed by atoms with Crippen molar-refractivity contribution in [3.8, 4) is 0 Å². The zero-order chi connectivity index (χ0) is 14.7. The van der Waals surface area contributed by atoms with Gasteiger partial charge in [-0.2, -0.15) is 0 Å². The smallest absolute Gasteiger partial charge is 0.133 e. The number of methoxy groups -OCH3 is 1. The third-order valence-electron chi connectivity index (χ3n) is 4.26. The monoisotopic (exact) mass is 283 g/mol. The summed E-state index contributed by atoms with van der Waals surface area (Å²) in [5, 5.41) is 14.7. The molecule has 2 unspecified atom stereocenters. The van der Waals surface area contributed by atoms with E-state index in [1.165, 1.54) is 5.56 Å². The van der Waals surface area contributed by atoms with Crippen molar-refractivity contribution < 1.29 is 9.84 Å². The molecule has 0 amide bonds. The number of ether oxygens (including phenoxy) is 1. The third-order valence-corrected chi connectivity index (χ3v) is 4.26. The van der Waals surface area contributed by atoms with Crippen LogP contribution in [0, 0.1) is 0 Å². The Morgan fingerprint density at radius 1 is 1.14 bits per heavy atom. The van der Waals surface area contributed by atoms with Gasteiger partial charge in [0.1, 0.15) is 5.60 Å². The molecule has 3 heteroatoms. The topological polar surface area (TPSA) is 41.5 Å². The minimum absolute atomic E-state index is 0.0604. The molecule has 2 atom stereocenters. The van der Waals surface area contributed by atoms with E-state index in [1.54, 1.807) is 7.11 Å². The zero-order valence-corrected chi connectivity index (χ0v) is 12.3. The minimum Gasteiger partial charge on any atom is -0.381 e. The summed E-state index contributed by atoms with van der Waals surface area (Å²) in [5.74, 6) is 0. The molecule has 21 heavy (non-hydrogen) atoms. The van der Waals surface area contributed by atoms with E-state index in [-0.39, 0.29) is 12.6 Å². The fourth-order valence-electron chi connectivity index (χ4n) is 3.13. The highest BCUT2D eigenvalue weighted by atomic mass is 16.5. The van der Waals surface area contributed by atoms with Gasteiger partial charge in [0.25, 0.3) is 0 Å². The molecule has 1 aliphatic heterocycles. The van der Waals surface area contributed by atoms with Crippen LogP contribution in [0.15, 0.2) is 54.6 Å². The Labute approximate surface area is 125 Å². The number of benzene rings is 2. The molecular formula is C18H21NO2. The van der Waals surface area contributed by atoms with Crippen molar-refractivity contribution in [3.63, 3.8) is 0 Å². The molecule has 0 aliphatic carbocycles. The van der Waals surface area contributed by atoms with E-state index in [9.17, 15) is 5.11 Å². The summed E-state index contributed by atoms with van der Waals surface area (Å²) in [6.07, 6.45) is 1.85. The summed E-state index contributed by atoms with van der Waals surface area (Å²) in [6.45, 7) is 0.275. The Hall–Kier alpha value is -1.84. The lowest BCUT2D eigenvalue weighted by Crippen LogP contribution is -2.49. The molecule has 3 nitrogen and oxygen atoms in total. The Morgan fingerprint density at radius 3 is 2.62 bits per heavy atom. The summed E-state index contributed by atoms with van der Waals surface area (Å²) in [6, 6.07) is 18.0. The molecule has 0 bridgehead atoms. The molecule has 110 valence electrons. The van der Waals surface area contributed by atoms with Crippen LogP contribution in [0.1, 0.15) is 17.5 Å². The molecule has 2 N–H and O–H groups in total. The number of fused-ring (bicyclic) bond motifs is 1. The number of aliphatic hydroxyl groups is 1. The maximum atomic E-state index is 11.2. The SMILES string of the molecule is COCC(O)(c1ccccc1)C1CCc2ccccc2N1. The third kappa shape index (κ3) is 2.67. The second-order valence-corrected chi connectivity index (χ2v) is 5.62. The molecule has 0 saturated heterocycles. The van der Waals surface area contributed by atoms with Gasteiger partial charge in [0.2, 0.25) is 0 Å². The average molecular weight is 283 g/mol. The summed E-state index contributed by atoms with van der Waals surface area (Å²) < 4.78 is 5.31. The van der Waals surface area contributed by atoms with Crippen molar-refractivity contribution in [2.24, 2.45) is 0 Å². The molecule has 0 spiro atoms. The molecule has 0 radical (unpaired) electrons. The highest BCUT2D eigenvalue weighted by molar-refractivity contribution is 5.54. The molecule has 0 aromatic heterocycles. The van der Waals surface area contributed by atoms with E-state index in [0.29, 0.717) is 0 Å². The van der Waals surface area contributed by atoms with Gasteiger partial charge in [-0.05, 0) is 30.0 Å². The normalized spacial score (nSPS) is 20.2. The fourth-order valence-corrected chi connectivity index (χ4v) is 3.13. The van der Waals surface area contributed by atoms with Crippen LogP contribution in [-0.2, 0) is 16.8 Å². The molecule has 1 aliphatic rings. The maximum Gasteiger partial charge on any atom is 0.133 e. The molecule has 2 aromatic carbocycles. The quantitative estimate of drug-likeness (QED) is 0.906. The van der Waals surface area contributed by atoms with Crippen molar-refractivity contribution in [2.75, 3.05) is 19.0 Å². The molecule has 1 heterocycles. The lowest BCUT2D eigenvalue weighted by Gasteiger charge is -2.40. The van der Waals surface area contributed by atoms with Crippen LogP contribution in [-0.4, -0.2) is 24.9 Å². The predicted molar refractivity (Wildman–Crippen MR) is 84.4 cm³/mol. The van der Waals surface area contributed by atoms with Gasteiger partial charge in [-0.25, -0.2) is 0 Å². The first-order valence-electron chi connectivity index (χ1n) is 7.35. The molecule has 0 fully saturated rings. The number of rotatable bonds is 4. The summed E-state index contributed by atoms with van der Waals surface area (Å²) in [7, 11) is 1.63. The van der Waals surface area contributed by atoms with Gasteiger partial charge in [-0.15, -0.1) is 0 Å². The van der Waals surface area contributed by atoms with Gasteiger partial charge in [0, 0.05) is 12.8 Å². The van der Waals surface area contributed by atoms with Crippen molar-refractivity contribution in [3.05, 3.63) is 65.7 Å². The van der Waals surface area contributed by atoms with Crippen molar-refractivity contribution in [1.82, 2.24) is 0 Å². The van der Waals surface area contributed by atoms with Gasteiger partial charge in [0.15, 0.2) is 0 Å². The number of nitrogens with one attached hydrogen (secondary N) is 1. The first-order chi connectivity index (χ1) is 10.2. The van der Waals surface area contributed by atoms with E-state index in [0.717, 1.165) is 24.1 Å². The first-order valence-corrected chi connectivity index (χ1v) is 7.35. The number of para-hydroxylation sites is 1. The molecule has 0 saturated carbocycles. The Morgan fingerprint density at radius 2 is 1.86 bits per heavy atom. The lowest BCUT2D eigenvalue weighted by atomic mass is 9.81. The first kappa shape index (κ1) is 14.1. The number of hydrogen-bond donors (Lipinski definition) is 2. The Bertz CT molecular complexity index is 599. The van der Waals surface area contributed by atoms with Crippen LogP contribution >= 0.6 is 0 Å². The molecule has 3 rings (SSSR count). The number of hydrogen-bond acceptors (Lipinski definition) is 3. The average Bonchev–Trinajstić information content (AvgIpc) is 2.55. The van der Waals surface area contributed by atoms with Gasteiger partial charge in [-0.3, -0.25) is 0 Å². The number of anilines is 1. The van der Waals surface area contributed by atoms with Gasteiger partial charge in [-0.1, -0.05) is 48.5 Å². The maximum absolute atomic E-state index is 11.2. The van der Waals surface area contributed by atoms with E-state index in [2.05, 4.69) is 23.5 Å². The van der Waals surface area contributed by atoms with Crippen LogP contribution in [0.4, 0.5) is 5.69 Å². The van der Waals surface area contributed by atoms with Gasteiger partial charge >= 0.3 is 0 Å². The predicted octanol–water partition coefficient (Wildman–Crippen LogP) is 2.95. The van der Waals surface area contributed by atoms with Crippen LogP contribution in [0.3, 0.4) is 0 Å². The van der Waals surface area contributed by atoms with Crippen molar-refractivity contribution >= 4 is 5.69 Å². The van der Waals surface area contributed by atoms with Gasteiger partial charge in [0.05, 0.1) is 12.6 Å². The molecular weight excluding hydrogens is 262 g/mol. The van der Waals surface area contributed by atoms with Crippen molar-refractivity contribution in [2.45, 2.75) is 24.5 Å². The summed E-state index contributed by atoms with van der Waals surface area (Å²) in [5.41, 5.74) is 2.29. The highest BCUT2D eigenvalue weighted by Gasteiger charge is 2.40. The Balaban J connectivity index is 1.92.